The van der Waals surface area contributed by atoms with Gasteiger partial charge in [-0.05, 0) is 12.1 Å². The molecule has 8 heteroatoms. The van der Waals surface area contributed by atoms with Gasteiger partial charge in [0.25, 0.3) is 10.0 Å². The second-order valence-corrected chi connectivity index (χ2v) is 6.02. The summed E-state index contributed by atoms with van der Waals surface area (Å²) in [7, 11) is -1.12. The van der Waals surface area contributed by atoms with Crippen LogP contribution >= 0.6 is 11.6 Å². The molecular weight excluding hydrogens is 316 g/mol. The molecule has 112 valence electrons. The van der Waals surface area contributed by atoms with Gasteiger partial charge in [0, 0.05) is 18.3 Å². The fourth-order valence-corrected chi connectivity index (χ4v) is 3.06. The molecule has 0 amide bonds. The summed E-state index contributed by atoms with van der Waals surface area (Å²) in [6, 6.07) is 7.57. The molecule has 21 heavy (non-hydrogen) atoms. The van der Waals surface area contributed by atoms with E-state index >= 15 is 0 Å². The number of methoxy groups -OCH3 is 2. The first-order chi connectivity index (χ1) is 9.97. The van der Waals surface area contributed by atoms with E-state index in [9.17, 15) is 8.42 Å². The number of ether oxygens (including phenoxy) is 2. The molecule has 2 rings (SSSR count). The lowest BCUT2D eigenvalue weighted by Gasteiger charge is -2.13. The van der Waals surface area contributed by atoms with Crippen LogP contribution < -0.4 is 14.2 Å². The predicted molar refractivity (Wildman–Crippen MR) is 79.6 cm³/mol. The van der Waals surface area contributed by atoms with Crippen molar-refractivity contribution in [3.63, 3.8) is 0 Å². The van der Waals surface area contributed by atoms with E-state index in [4.69, 9.17) is 21.1 Å². The molecule has 0 radical (unpaired) electrons. The smallest absolute Gasteiger partial charge is 0.266 e. The summed E-state index contributed by atoms with van der Waals surface area (Å²) in [5.41, 5.74) is 0. The molecule has 0 saturated carbocycles. The molecule has 0 saturated heterocycles. The van der Waals surface area contributed by atoms with Crippen molar-refractivity contribution in [1.29, 1.82) is 0 Å². The average Bonchev–Trinajstić information content (AvgIpc) is 2.47. The molecular formula is C13H13ClN2O4S. The van der Waals surface area contributed by atoms with Crippen LogP contribution in [0.1, 0.15) is 0 Å². The van der Waals surface area contributed by atoms with Gasteiger partial charge in [0.2, 0.25) is 0 Å². The molecule has 0 bridgehead atoms. The van der Waals surface area contributed by atoms with Crippen LogP contribution in [0, 0.1) is 0 Å². The van der Waals surface area contributed by atoms with Gasteiger partial charge in [-0.1, -0.05) is 17.7 Å². The maximum Gasteiger partial charge on any atom is 0.266 e. The molecule has 0 spiro atoms. The SMILES string of the molecule is COc1cc(S(=O)(=O)Nc2ccccn2)c(OC)cc1Cl. The molecule has 1 N–H and O–H groups in total. The Kier molecular flexibility index (Phi) is 4.54. The van der Waals surface area contributed by atoms with Crippen molar-refractivity contribution in [2.24, 2.45) is 0 Å². The number of nitrogens with one attached hydrogen (secondary N) is 1. The molecule has 0 unspecified atom stereocenters. The monoisotopic (exact) mass is 328 g/mol. The number of pyridine rings is 1. The number of rotatable bonds is 5. The second-order valence-electron chi connectivity index (χ2n) is 3.96. The number of halogens is 1. The van der Waals surface area contributed by atoms with E-state index in [1.807, 2.05) is 0 Å². The van der Waals surface area contributed by atoms with Crippen LogP contribution in [0.25, 0.3) is 0 Å². The van der Waals surface area contributed by atoms with E-state index in [0.717, 1.165) is 0 Å². The maximum atomic E-state index is 12.4. The van der Waals surface area contributed by atoms with Gasteiger partial charge in [0.15, 0.2) is 0 Å². The molecule has 0 aliphatic rings. The average molecular weight is 329 g/mol. The predicted octanol–water partition coefficient (Wildman–Crippen LogP) is 2.55. The first-order valence-corrected chi connectivity index (χ1v) is 7.69. The van der Waals surface area contributed by atoms with Gasteiger partial charge < -0.3 is 9.47 Å². The Balaban J connectivity index is 2.48. The van der Waals surface area contributed by atoms with Crippen molar-refractivity contribution in [1.82, 2.24) is 4.98 Å². The molecule has 0 aliphatic heterocycles. The third kappa shape index (κ3) is 3.37. The summed E-state index contributed by atoms with van der Waals surface area (Å²) in [6.45, 7) is 0. The van der Waals surface area contributed by atoms with Gasteiger partial charge in [0.05, 0.1) is 19.2 Å². The normalized spacial score (nSPS) is 11.0. The number of nitrogens with zero attached hydrogens (tertiary/aromatic N) is 1. The van der Waals surface area contributed by atoms with E-state index in [1.54, 1.807) is 12.1 Å². The lowest BCUT2D eigenvalue weighted by molar-refractivity contribution is 0.392. The van der Waals surface area contributed by atoms with Crippen molar-refractivity contribution in [3.8, 4) is 11.5 Å². The highest BCUT2D eigenvalue weighted by Crippen LogP contribution is 2.35. The summed E-state index contributed by atoms with van der Waals surface area (Å²) < 4.78 is 37.3. The van der Waals surface area contributed by atoms with Gasteiger partial charge in [-0.25, -0.2) is 13.4 Å². The molecule has 2 aromatic rings. The highest BCUT2D eigenvalue weighted by atomic mass is 35.5. The van der Waals surface area contributed by atoms with E-state index in [0.29, 0.717) is 0 Å². The molecule has 6 nitrogen and oxygen atoms in total. The minimum Gasteiger partial charge on any atom is -0.495 e. The molecule has 1 heterocycles. The molecule has 1 aromatic carbocycles. The number of anilines is 1. The van der Waals surface area contributed by atoms with Gasteiger partial charge in [-0.3, -0.25) is 4.72 Å². The van der Waals surface area contributed by atoms with Gasteiger partial charge in [-0.15, -0.1) is 0 Å². The van der Waals surface area contributed by atoms with Crippen molar-refractivity contribution < 1.29 is 17.9 Å². The van der Waals surface area contributed by atoms with Gasteiger partial charge in [-0.2, -0.15) is 0 Å². The van der Waals surface area contributed by atoms with Crippen LogP contribution in [0.5, 0.6) is 11.5 Å². The zero-order chi connectivity index (χ0) is 15.5. The van der Waals surface area contributed by atoms with Crippen molar-refractivity contribution in [3.05, 3.63) is 41.6 Å². The van der Waals surface area contributed by atoms with Crippen LogP contribution in [0.3, 0.4) is 0 Å². The molecule has 0 fully saturated rings. The number of hydrogen-bond acceptors (Lipinski definition) is 5. The van der Waals surface area contributed by atoms with E-state index in [-0.39, 0.29) is 27.2 Å². The summed E-state index contributed by atoms with van der Waals surface area (Å²) in [5, 5.41) is 0.256. The fourth-order valence-electron chi connectivity index (χ4n) is 1.66. The summed E-state index contributed by atoms with van der Waals surface area (Å²) in [6.07, 6.45) is 1.48. The topological polar surface area (TPSA) is 77.5 Å². The Hall–Kier alpha value is -1.99. The third-order valence-corrected chi connectivity index (χ3v) is 4.30. The number of benzene rings is 1. The lowest BCUT2D eigenvalue weighted by Crippen LogP contribution is -2.15. The summed E-state index contributed by atoms with van der Waals surface area (Å²) in [5.74, 6) is 0.552. The van der Waals surface area contributed by atoms with Gasteiger partial charge in [0.1, 0.15) is 22.2 Å². The largest absolute Gasteiger partial charge is 0.495 e. The highest BCUT2D eigenvalue weighted by Gasteiger charge is 2.22. The minimum absolute atomic E-state index is 0.0862. The zero-order valence-corrected chi connectivity index (χ0v) is 12.9. The Bertz CT molecular complexity index is 735. The van der Waals surface area contributed by atoms with E-state index in [1.165, 1.54) is 38.6 Å². The van der Waals surface area contributed by atoms with Crippen molar-refractivity contribution >= 4 is 27.4 Å². The standard InChI is InChI=1S/C13H13ClN2O4S/c1-19-10-8-12(11(20-2)7-9(10)14)21(17,18)16-13-5-3-4-6-15-13/h3-8H,1-2H3,(H,15,16). The van der Waals surface area contributed by atoms with Crippen LogP contribution in [0.15, 0.2) is 41.4 Å². The molecule has 0 aliphatic carbocycles. The first kappa shape index (κ1) is 15.4. The van der Waals surface area contributed by atoms with Gasteiger partial charge >= 0.3 is 0 Å². The fraction of sp³-hybridized carbons (Fsp3) is 0.154. The first-order valence-electron chi connectivity index (χ1n) is 5.83. The van der Waals surface area contributed by atoms with Crippen LogP contribution in [-0.2, 0) is 10.0 Å². The Morgan fingerprint density at radius 2 is 1.86 bits per heavy atom. The Morgan fingerprint density at radius 3 is 2.43 bits per heavy atom. The number of sulfonamides is 1. The Labute approximate surface area is 127 Å². The number of hydrogen-bond donors (Lipinski definition) is 1. The molecule has 1 aromatic heterocycles. The van der Waals surface area contributed by atoms with Crippen LogP contribution in [0.2, 0.25) is 5.02 Å². The zero-order valence-electron chi connectivity index (χ0n) is 11.3. The lowest BCUT2D eigenvalue weighted by atomic mass is 10.3. The van der Waals surface area contributed by atoms with Crippen molar-refractivity contribution in [2.45, 2.75) is 4.90 Å². The maximum absolute atomic E-state index is 12.4. The highest BCUT2D eigenvalue weighted by molar-refractivity contribution is 7.92. The second kappa shape index (κ2) is 6.19. The van der Waals surface area contributed by atoms with Crippen molar-refractivity contribution in [2.75, 3.05) is 18.9 Å². The quantitative estimate of drug-likeness (QED) is 0.912. The molecule has 0 atom stereocenters. The number of aromatic nitrogens is 1. The summed E-state index contributed by atoms with van der Waals surface area (Å²) in [4.78, 5) is 3.83. The van der Waals surface area contributed by atoms with Crippen LogP contribution in [-0.4, -0.2) is 27.6 Å². The Morgan fingerprint density at radius 1 is 1.14 bits per heavy atom. The summed E-state index contributed by atoms with van der Waals surface area (Å²) >= 11 is 5.96. The van der Waals surface area contributed by atoms with Crippen LogP contribution in [0.4, 0.5) is 5.82 Å². The van der Waals surface area contributed by atoms with E-state index < -0.39 is 10.0 Å². The third-order valence-electron chi connectivity index (χ3n) is 2.63. The minimum atomic E-state index is -3.88. The van der Waals surface area contributed by atoms with E-state index in [2.05, 4.69) is 9.71 Å².